The van der Waals surface area contributed by atoms with Crippen LogP contribution in [0.25, 0.3) is 26.7 Å². The lowest BCUT2D eigenvalue weighted by molar-refractivity contribution is 0.0955. The van der Waals surface area contributed by atoms with Gasteiger partial charge in [0.2, 0.25) is 0 Å². The summed E-state index contributed by atoms with van der Waals surface area (Å²) >= 11 is 1.62. The quantitative estimate of drug-likeness (QED) is 0.273. The molecule has 0 spiro atoms. The lowest BCUT2D eigenvalue weighted by atomic mass is 9.97. The van der Waals surface area contributed by atoms with Crippen LogP contribution >= 0.6 is 11.3 Å². The number of nitrogens with one attached hydrogen (secondary N) is 1. The van der Waals surface area contributed by atoms with Gasteiger partial charge in [0.15, 0.2) is 0 Å². The number of aromatic nitrogens is 2. The standard InChI is InChI=1S/C28H22N4O3S/c33-23-14-11-17-5-1-2-6-20(17)22(23)15-30-31-26(34)18-9-12-19(13-10-18)32-16-29-27-25(28(32)35)21-7-3-4-8-24(21)36-27/h1-2,5-6,9-16,33H,3-4,7-8H2,(H,31,34)/b30-15-. The first-order chi connectivity index (χ1) is 17.6. The van der Waals surface area contributed by atoms with Crippen LogP contribution in [0.5, 0.6) is 5.75 Å². The molecule has 0 saturated heterocycles. The fraction of sp³-hybridized carbons (Fsp3) is 0.143. The number of aromatic hydroxyl groups is 1. The zero-order valence-corrected chi connectivity index (χ0v) is 20.1. The number of hydrogen-bond donors (Lipinski definition) is 2. The van der Waals surface area contributed by atoms with Crippen LogP contribution in [0.4, 0.5) is 0 Å². The van der Waals surface area contributed by atoms with Crippen molar-refractivity contribution in [1.82, 2.24) is 15.0 Å². The van der Waals surface area contributed by atoms with Gasteiger partial charge in [0.25, 0.3) is 11.5 Å². The molecule has 0 atom stereocenters. The van der Waals surface area contributed by atoms with E-state index in [0.717, 1.165) is 52.2 Å². The topological polar surface area (TPSA) is 96.6 Å². The molecule has 0 radical (unpaired) electrons. The summed E-state index contributed by atoms with van der Waals surface area (Å²) in [4.78, 5) is 32.5. The summed E-state index contributed by atoms with van der Waals surface area (Å²) in [5, 5.41) is 16.8. The maximum absolute atomic E-state index is 13.3. The summed E-state index contributed by atoms with van der Waals surface area (Å²) in [6.07, 6.45) is 7.19. The Balaban J connectivity index is 1.23. The molecule has 1 aliphatic rings. The Kier molecular flexibility index (Phi) is 5.58. The fourth-order valence-corrected chi connectivity index (χ4v) is 5.96. The van der Waals surface area contributed by atoms with Gasteiger partial charge in [-0.25, -0.2) is 10.4 Å². The monoisotopic (exact) mass is 494 g/mol. The van der Waals surface area contributed by atoms with E-state index in [2.05, 4.69) is 15.5 Å². The average molecular weight is 495 g/mol. The number of fused-ring (bicyclic) bond motifs is 4. The van der Waals surface area contributed by atoms with E-state index in [-0.39, 0.29) is 11.3 Å². The predicted octanol–water partition coefficient (Wildman–Crippen LogP) is 4.95. The van der Waals surface area contributed by atoms with Gasteiger partial charge in [0.05, 0.1) is 17.3 Å². The van der Waals surface area contributed by atoms with E-state index < -0.39 is 5.91 Å². The van der Waals surface area contributed by atoms with Crippen LogP contribution in [0.3, 0.4) is 0 Å². The number of phenolic OH excluding ortho intramolecular Hbond substituents is 1. The Morgan fingerprint density at radius 2 is 1.86 bits per heavy atom. The molecule has 178 valence electrons. The molecule has 0 saturated carbocycles. The van der Waals surface area contributed by atoms with Crippen LogP contribution in [0, 0.1) is 0 Å². The maximum atomic E-state index is 13.3. The number of aryl methyl sites for hydroxylation is 2. The lowest BCUT2D eigenvalue weighted by Gasteiger charge is -2.10. The Bertz CT molecular complexity index is 1720. The first-order valence-electron chi connectivity index (χ1n) is 11.8. The third-order valence-electron chi connectivity index (χ3n) is 6.59. The Hall–Kier alpha value is -4.30. The van der Waals surface area contributed by atoms with Crippen molar-refractivity contribution >= 4 is 44.4 Å². The number of hydrazone groups is 1. The van der Waals surface area contributed by atoms with Gasteiger partial charge in [-0.1, -0.05) is 30.3 Å². The highest BCUT2D eigenvalue weighted by molar-refractivity contribution is 7.18. The molecule has 0 bridgehead atoms. The van der Waals surface area contributed by atoms with Crippen molar-refractivity contribution in [1.29, 1.82) is 0 Å². The molecule has 5 aromatic rings. The van der Waals surface area contributed by atoms with E-state index in [0.29, 0.717) is 16.8 Å². The second-order valence-corrected chi connectivity index (χ2v) is 9.86. The number of benzene rings is 3. The summed E-state index contributed by atoms with van der Waals surface area (Å²) in [5.74, 6) is -0.315. The second kappa shape index (κ2) is 9.05. The molecule has 0 fully saturated rings. The smallest absolute Gasteiger partial charge is 0.271 e. The van der Waals surface area contributed by atoms with Crippen LogP contribution in [-0.2, 0) is 12.8 Å². The van der Waals surface area contributed by atoms with Gasteiger partial charge >= 0.3 is 0 Å². The molecule has 6 rings (SSSR count). The molecule has 1 aliphatic carbocycles. The van der Waals surface area contributed by atoms with Crippen LogP contribution in [0.15, 0.2) is 76.9 Å². The molecule has 1 amide bonds. The van der Waals surface area contributed by atoms with Crippen molar-refractivity contribution in [3.05, 3.63) is 98.9 Å². The average Bonchev–Trinajstić information content (AvgIpc) is 3.30. The number of thiophene rings is 1. The number of phenols is 1. The highest BCUT2D eigenvalue weighted by Gasteiger charge is 2.20. The van der Waals surface area contributed by atoms with Gasteiger partial charge in [-0.05, 0) is 72.4 Å². The van der Waals surface area contributed by atoms with Gasteiger partial charge < -0.3 is 5.11 Å². The minimum atomic E-state index is -0.398. The molecule has 2 aromatic heterocycles. The van der Waals surface area contributed by atoms with Gasteiger partial charge in [-0.15, -0.1) is 11.3 Å². The Morgan fingerprint density at radius 1 is 1.06 bits per heavy atom. The minimum Gasteiger partial charge on any atom is -0.507 e. The number of nitrogens with zero attached hydrogens (tertiary/aromatic N) is 3. The molecule has 0 unspecified atom stereocenters. The molecule has 2 heterocycles. The van der Waals surface area contributed by atoms with Crippen molar-refractivity contribution in [2.45, 2.75) is 25.7 Å². The molecule has 3 aromatic carbocycles. The highest BCUT2D eigenvalue weighted by Crippen LogP contribution is 2.33. The molecule has 7 nitrogen and oxygen atoms in total. The second-order valence-electron chi connectivity index (χ2n) is 8.78. The Morgan fingerprint density at radius 3 is 2.72 bits per heavy atom. The number of rotatable bonds is 4. The molecule has 2 N–H and O–H groups in total. The van der Waals surface area contributed by atoms with E-state index in [1.54, 1.807) is 48.0 Å². The van der Waals surface area contributed by atoms with Crippen LogP contribution in [0.1, 0.15) is 39.2 Å². The number of carbonyl (C=O) groups excluding carboxylic acids is 1. The summed E-state index contributed by atoms with van der Waals surface area (Å²) in [6.45, 7) is 0. The lowest BCUT2D eigenvalue weighted by Crippen LogP contribution is -2.20. The SMILES string of the molecule is O=C(N/N=C\c1c(O)ccc2ccccc12)c1ccc(-n2cnc3sc4c(c3c2=O)CCCC4)cc1. The first-order valence-corrected chi connectivity index (χ1v) is 12.6. The Labute approximate surface area is 210 Å². The van der Waals surface area contributed by atoms with E-state index in [1.807, 2.05) is 30.3 Å². The third-order valence-corrected chi connectivity index (χ3v) is 7.79. The summed E-state index contributed by atoms with van der Waals surface area (Å²) in [6, 6.07) is 17.8. The van der Waals surface area contributed by atoms with Crippen LogP contribution in [0.2, 0.25) is 0 Å². The van der Waals surface area contributed by atoms with Crippen molar-refractivity contribution in [2.75, 3.05) is 0 Å². The van der Waals surface area contributed by atoms with Gasteiger partial charge in [-0.2, -0.15) is 5.10 Å². The first kappa shape index (κ1) is 22.2. The third kappa shape index (κ3) is 3.85. The number of amides is 1. The van der Waals surface area contributed by atoms with Crippen LogP contribution < -0.4 is 11.0 Å². The van der Waals surface area contributed by atoms with E-state index >= 15 is 0 Å². The number of hydrogen-bond acceptors (Lipinski definition) is 6. The van der Waals surface area contributed by atoms with Crippen molar-refractivity contribution in [2.24, 2.45) is 5.10 Å². The summed E-state index contributed by atoms with van der Waals surface area (Å²) in [5.41, 5.74) is 5.15. The van der Waals surface area contributed by atoms with Crippen molar-refractivity contribution < 1.29 is 9.90 Å². The van der Waals surface area contributed by atoms with E-state index in [1.165, 1.54) is 15.7 Å². The van der Waals surface area contributed by atoms with Gasteiger partial charge in [0.1, 0.15) is 16.9 Å². The fourth-order valence-electron chi connectivity index (χ4n) is 4.74. The number of carbonyl (C=O) groups is 1. The molecular formula is C28H22N4O3S. The van der Waals surface area contributed by atoms with Crippen molar-refractivity contribution in [3.8, 4) is 11.4 Å². The normalized spacial score (nSPS) is 13.3. The van der Waals surface area contributed by atoms with E-state index in [9.17, 15) is 14.7 Å². The van der Waals surface area contributed by atoms with Gasteiger partial charge in [0, 0.05) is 16.0 Å². The van der Waals surface area contributed by atoms with Crippen molar-refractivity contribution in [3.63, 3.8) is 0 Å². The largest absolute Gasteiger partial charge is 0.507 e. The summed E-state index contributed by atoms with van der Waals surface area (Å²) in [7, 11) is 0. The van der Waals surface area contributed by atoms with Crippen LogP contribution in [-0.4, -0.2) is 26.8 Å². The van der Waals surface area contributed by atoms with Gasteiger partial charge in [-0.3, -0.25) is 14.2 Å². The minimum absolute atomic E-state index is 0.0731. The summed E-state index contributed by atoms with van der Waals surface area (Å²) < 4.78 is 1.53. The highest BCUT2D eigenvalue weighted by atomic mass is 32.1. The molecule has 36 heavy (non-hydrogen) atoms. The zero-order valence-electron chi connectivity index (χ0n) is 19.3. The predicted molar refractivity (Wildman–Crippen MR) is 143 cm³/mol. The molecule has 8 heteroatoms. The zero-order chi connectivity index (χ0) is 24.6. The maximum Gasteiger partial charge on any atom is 0.271 e. The molecular weight excluding hydrogens is 472 g/mol. The van der Waals surface area contributed by atoms with E-state index in [4.69, 9.17) is 0 Å². The molecule has 0 aliphatic heterocycles.